The summed E-state index contributed by atoms with van der Waals surface area (Å²) in [7, 11) is 0. The first kappa shape index (κ1) is 18.4. The van der Waals surface area contributed by atoms with Gasteiger partial charge >= 0.3 is 5.97 Å². The fraction of sp³-hybridized carbons (Fsp3) is 0.938. The third-order valence-electron chi connectivity index (χ3n) is 3.41. The van der Waals surface area contributed by atoms with Crippen LogP contribution in [0.4, 0.5) is 0 Å². The maximum Gasteiger partial charge on any atom is 0.322 e. The van der Waals surface area contributed by atoms with Crippen LogP contribution in [-0.2, 0) is 9.53 Å². The number of rotatable bonds is 13. The molecule has 1 unspecified atom stereocenters. The lowest BCUT2D eigenvalue weighted by atomic mass is 10.1. The molecule has 114 valence electrons. The van der Waals surface area contributed by atoms with Gasteiger partial charge in [-0.2, -0.15) is 0 Å². The third-order valence-corrected chi connectivity index (χ3v) is 3.41. The van der Waals surface area contributed by atoms with Gasteiger partial charge in [-0.3, -0.25) is 4.79 Å². The van der Waals surface area contributed by atoms with E-state index in [2.05, 4.69) is 13.8 Å². The summed E-state index contributed by atoms with van der Waals surface area (Å²) >= 11 is 0. The second-order valence-electron chi connectivity index (χ2n) is 5.39. The van der Waals surface area contributed by atoms with Crippen molar-refractivity contribution in [2.24, 2.45) is 5.73 Å². The van der Waals surface area contributed by atoms with Gasteiger partial charge in [-0.25, -0.2) is 0 Å². The molecule has 0 radical (unpaired) electrons. The molecule has 0 saturated carbocycles. The number of unbranched alkanes of at least 4 members (excludes halogenated alkanes) is 8. The van der Waals surface area contributed by atoms with Crippen molar-refractivity contribution in [2.75, 3.05) is 6.61 Å². The van der Waals surface area contributed by atoms with Gasteiger partial charge in [0.2, 0.25) is 0 Å². The molecule has 0 aromatic carbocycles. The lowest BCUT2D eigenvalue weighted by Gasteiger charge is -2.10. The predicted octanol–water partition coefficient (Wildman–Crippen LogP) is 4.19. The molecule has 0 aliphatic rings. The Kier molecular flexibility index (Phi) is 13.4. The molecule has 0 aromatic heterocycles. The molecular weight excluding hydrogens is 238 g/mol. The van der Waals surface area contributed by atoms with Crippen molar-refractivity contribution in [3.63, 3.8) is 0 Å². The molecule has 0 aliphatic heterocycles. The molecule has 2 N–H and O–H groups in total. The molecule has 0 saturated heterocycles. The minimum atomic E-state index is -0.422. The Labute approximate surface area is 119 Å². The largest absolute Gasteiger partial charge is 0.465 e. The molecule has 0 fully saturated rings. The molecule has 0 aromatic rings. The van der Waals surface area contributed by atoms with Gasteiger partial charge in [-0.05, 0) is 12.8 Å². The van der Waals surface area contributed by atoms with Crippen LogP contribution in [0.15, 0.2) is 0 Å². The minimum Gasteiger partial charge on any atom is -0.465 e. The molecule has 3 nitrogen and oxygen atoms in total. The highest BCUT2D eigenvalue weighted by molar-refractivity contribution is 5.75. The van der Waals surface area contributed by atoms with Gasteiger partial charge in [0.25, 0.3) is 0 Å². The normalized spacial score (nSPS) is 12.4. The molecule has 0 spiro atoms. The van der Waals surface area contributed by atoms with Crippen molar-refractivity contribution >= 4 is 5.97 Å². The van der Waals surface area contributed by atoms with E-state index in [1.807, 2.05) is 0 Å². The second-order valence-corrected chi connectivity index (χ2v) is 5.39. The number of ether oxygens (including phenoxy) is 1. The highest BCUT2D eigenvalue weighted by Crippen LogP contribution is 2.08. The van der Waals surface area contributed by atoms with E-state index >= 15 is 0 Å². The topological polar surface area (TPSA) is 52.3 Å². The fourth-order valence-corrected chi connectivity index (χ4v) is 2.06. The van der Waals surface area contributed by atoms with Gasteiger partial charge < -0.3 is 10.5 Å². The maximum atomic E-state index is 11.5. The number of nitrogens with two attached hydrogens (primary N) is 1. The maximum absolute atomic E-state index is 11.5. The Balaban J connectivity index is 3.27. The first-order chi connectivity index (χ1) is 9.22. The number of carbonyl (C=O) groups excluding carboxylic acids is 1. The van der Waals surface area contributed by atoms with E-state index in [-0.39, 0.29) is 5.97 Å². The zero-order valence-electron chi connectivity index (χ0n) is 13.0. The van der Waals surface area contributed by atoms with Gasteiger partial charge in [-0.1, -0.05) is 71.6 Å². The van der Waals surface area contributed by atoms with E-state index < -0.39 is 6.04 Å². The van der Waals surface area contributed by atoms with Crippen molar-refractivity contribution in [3.05, 3.63) is 0 Å². The molecule has 3 heteroatoms. The Morgan fingerprint density at radius 2 is 1.42 bits per heavy atom. The van der Waals surface area contributed by atoms with Crippen LogP contribution in [0.25, 0.3) is 0 Å². The van der Waals surface area contributed by atoms with Crippen LogP contribution in [0.2, 0.25) is 0 Å². The predicted molar refractivity (Wildman–Crippen MR) is 81.1 cm³/mol. The van der Waals surface area contributed by atoms with E-state index in [1.165, 1.54) is 38.5 Å². The smallest absolute Gasteiger partial charge is 0.322 e. The van der Waals surface area contributed by atoms with Crippen LogP contribution in [-0.4, -0.2) is 18.6 Å². The Morgan fingerprint density at radius 3 is 2.00 bits per heavy atom. The van der Waals surface area contributed by atoms with Crippen LogP contribution in [0.5, 0.6) is 0 Å². The quantitative estimate of drug-likeness (QED) is 0.404. The first-order valence-electron chi connectivity index (χ1n) is 8.14. The third kappa shape index (κ3) is 12.2. The SMILES string of the molecule is CCCCCCCCCCOC(=O)C(N)CCCC. The van der Waals surface area contributed by atoms with Crippen LogP contribution >= 0.6 is 0 Å². The lowest BCUT2D eigenvalue weighted by Crippen LogP contribution is -2.32. The van der Waals surface area contributed by atoms with Gasteiger partial charge in [0.1, 0.15) is 6.04 Å². The van der Waals surface area contributed by atoms with Crippen molar-refractivity contribution in [2.45, 2.75) is 90.5 Å². The lowest BCUT2D eigenvalue weighted by molar-refractivity contribution is -0.145. The van der Waals surface area contributed by atoms with Crippen LogP contribution in [0.1, 0.15) is 84.5 Å². The Morgan fingerprint density at radius 1 is 0.895 bits per heavy atom. The van der Waals surface area contributed by atoms with E-state index in [9.17, 15) is 4.79 Å². The van der Waals surface area contributed by atoms with Crippen molar-refractivity contribution in [1.29, 1.82) is 0 Å². The van der Waals surface area contributed by atoms with Gasteiger partial charge in [0.05, 0.1) is 6.61 Å². The molecular formula is C16H33NO2. The number of esters is 1. The standard InChI is InChI=1S/C16H33NO2/c1-3-5-7-8-9-10-11-12-14-19-16(18)15(17)13-6-4-2/h15H,3-14,17H2,1-2H3. The van der Waals surface area contributed by atoms with Crippen molar-refractivity contribution in [3.8, 4) is 0 Å². The monoisotopic (exact) mass is 271 g/mol. The number of hydrogen-bond donors (Lipinski definition) is 1. The second kappa shape index (κ2) is 13.9. The summed E-state index contributed by atoms with van der Waals surface area (Å²) in [5.41, 5.74) is 5.74. The molecule has 0 rings (SSSR count). The highest BCUT2D eigenvalue weighted by atomic mass is 16.5. The average molecular weight is 271 g/mol. The van der Waals surface area contributed by atoms with E-state index in [0.29, 0.717) is 6.61 Å². The van der Waals surface area contributed by atoms with Gasteiger partial charge in [0, 0.05) is 0 Å². The summed E-state index contributed by atoms with van der Waals surface area (Å²) in [5, 5.41) is 0. The Bertz CT molecular complexity index is 207. The zero-order valence-corrected chi connectivity index (χ0v) is 13.0. The molecule has 0 amide bonds. The van der Waals surface area contributed by atoms with E-state index in [0.717, 1.165) is 32.1 Å². The fourth-order valence-electron chi connectivity index (χ4n) is 2.06. The summed E-state index contributed by atoms with van der Waals surface area (Å²) in [6.07, 6.45) is 12.9. The molecule has 0 heterocycles. The minimum absolute atomic E-state index is 0.226. The molecule has 1 atom stereocenters. The van der Waals surface area contributed by atoms with Gasteiger partial charge in [0.15, 0.2) is 0 Å². The van der Waals surface area contributed by atoms with Crippen LogP contribution in [0.3, 0.4) is 0 Å². The molecule has 0 aliphatic carbocycles. The van der Waals surface area contributed by atoms with Crippen molar-refractivity contribution < 1.29 is 9.53 Å². The summed E-state index contributed by atoms with van der Waals surface area (Å²) in [5.74, 6) is -0.226. The summed E-state index contributed by atoms with van der Waals surface area (Å²) in [6, 6.07) is -0.422. The summed E-state index contributed by atoms with van der Waals surface area (Å²) < 4.78 is 5.18. The highest BCUT2D eigenvalue weighted by Gasteiger charge is 2.13. The van der Waals surface area contributed by atoms with E-state index in [1.54, 1.807) is 0 Å². The zero-order chi connectivity index (χ0) is 14.3. The number of hydrogen-bond acceptors (Lipinski definition) is 3. The van der Waals surface area contributed by atoms with Crippen molar-refractivity contribution in [1.82, 2.24) is 0 Å². The molecule has 19 heavy (non-hydrogen) atoms. The van der Waals surface area contributed by atoms with Gasteiger partial charge in [-0.15, -0.1) is 0 Å². The van der Waals surface area contributed by atoms with E-state index in [4.69, 9.17) is 10.5 Å². The first-order valence-corrected chi connectivity index (χ1v) is 8.14. The van der Waals surface area contributed by atoms with Crippen LogP contribution in [0, 0.1) is 0 Å². The molecule has 0 bridgehead atoms. The average Bonchev–Trinajstić information content (AvgIpc) is 2.42. The van der Waals surface area contributed by atoms with Crippen LogP contribution < -0.4 is 5.73 Å². The number of carbonyl (C=O) groups is 1. The summed E-state index contributed by atoms with van der Waals surface area (Å²) in [6.45, 7) is 4.87. The Hall–Kier alpha value is -0.570. The summed E-state index contributed by atoms with van der Waals surface area (Å²) in [4.78, 5) is 11.5.